The number of aryl methyl sites for hydroxylation is 1. The number of aliphatic imine (C=N–C) groups is 1. The van der Waals surface area contributed by atoms with Crippen molar-refractivity contribution in [2.75, 3.05) is 13.7 Å². The van der Waals surface area contributed by atoms with Gasteiger partial charge in [0.05, 0.1) is 13.2 Å². The van der Waals surface area contributed by atoms with Crippen LogP contribution in [0.1, 0.15) is 35.6 Å². The second-order valence-electron chi connectivity index (χ2n) is 7.15. The van der Waals surface area contributed by atoms with E-state index in [1.807, 2.05) is 4.68 Å². The van der Waals surface area contributed by atoms with Crippen LogP contribution in [0.25, 0.3) is 0 Å². The molecular weight excluding hydrogens is 503 g/mol. The monoisotopic (exact) mass is 534 g/mol. The van der Waals surface area contributed by atoms with Gasteiger partial charge in [-0.2, -0.15) is 5.10 Å². The van der Waals surface area contributed by atoms with Crippen LogP contribution in [0, 0.1) is 6.92 Å². The van der Waals surface area contributed by atoms with Gasteiger partial charge in [0.15, 0.2) is 5.96 Å². The first kappa shape index (κ1) is 24.6. The number of nitrogens with zero attached hydrogens (tertiary/aromatic N) is 4. The molecule has 0 fully saturated rings. The summed E-state index contributed by atoms with van der Waals surface area (Å²) in [7, 11) is 1.78. The van der Waals surface area contributed by atoms with Crippen LogP contribution >= 0.6 is 24.0 Å². The highest BCUT2D eigenvalue weighted by Gasteiger charge is 2.06. The SMILES string of the molecule is CCCOc1cc(C)ccc1CNC(=NC)NCc1cccc(Cn2cncn2)c1.I. The molecule has 0 unspecified atom stereocenters. The fraction of sp³-hybridized carbons (Fsp3) is 0.348. The van der Waals surface area contributed by atoms with E-state index >= 15 is 0 Å². The first-order valence-corrected chi connectivity index (χ1v) is 10.2. The maximum atomic E-state index is 5.91. The summed E-state index contributed by atoms with van der Waals surface area (Å²) in [5, 5.41) is 10.9. The van der Waals surface area contributed by atoms with E-state index in [2.05, 4.69) is 82.0 Å². The lowest BCUT2D eigenvalue weighted by molar-refractivity contribution is 0.313. The predicted molar refractivity (Wildman–Crippen MR) is 135 cm³/mol. The van der Waals surface area contributed by atoms with Crippen LogP contribution in [0.5, 0.6) is 5.75 Å². The van der Waals surface area contributed by atoms with Crippen molar-refractivity contribution in [1.82, 2.24) is 25.4 Å². The molecule has 0 aliphatic heterocycles. The maximum Gasteiger partial charge on any atom is 0.191 e. The second-order valence-corrected chi connectivity index (χ2v) is 7.15. The zero-order valence-corrected chi connectivity index (χ0v) is 20.7. The van der Waals surface area contributed by atoms with Gasteiger partial charge in [0, 0.05) is 25.7 Å². The molecule has 0 saturated carbocycles. The Morgan fingerprint density at radius 1 is 1.10 bits per heavy atom. The van der Waals surface area contributed by atoms with Crippen LogP contribution in [0.4, 0.5) is 0 Å². The molecule has 0 spiro atoms. The van der Waals surface area contributed by atoms with Crippen molar-refractivity contribution < 1.29 is 4.74 Å². The third-order valence-electron chi connectivity index (χ3n) is 4.62. The normalized spacial score (nSPS) is 11.0. The lowest BCUT2D eigenvalue weighted by atomic mass is 10.1. The minimum atomic E-state index is 0. The molecule has 3 aromatic rings. The fourth-order valence-corrected chi connectivity index (χ4v) is 3.08. The zero-order valence-electron chi connectivity index (χ0n) is 18.3. The molecule has 2 aromatic carbocycles. The maximum absolute atomic E-state index is 5.91. The molecule has 2 N–H and O–H groups in total. The number of benzene rings is 2. The molecule has 1 aromatic heterocycles. The van der Waals surface area contributed by atoms with Gasteiger partial charge >= 0.3 is 0 Å². The van der Waals surface area contributed by atoms with E-state index in [9.17, 15) is 0 Å². The summed E-state index contributed by atoms with van der Waals surface area (Å²) >= 11 is 0. The average Bonchev–Trinajstić information content (AvgIpc) is 3.26. The molecule has 0 radical (unpaired) electrons. The fourth-order valence-electron chi connectivity index (χ4n) is 3.08. The first-order chi connectivity index (χ1) is 14.7. The van der Waals surface area contributed by atoms with E-state index < -0.39 is 0 Å². The Bertz CT molecular complexity index is 958. The van der Waals surface area contributed by atoms with Crippen LogP contribution in [0.15, 0.2) is 60.1 Å². The molecule has 3 rings (SSSR count). The highest BCUT2D eigenvalue weighted by atomic mass is 127. The summed E-state index contributed by atoms with van der Waals surface area (Å²) in [5.41, 5.74) is 4.67. The van der Waals surface area contributed by atoms with Crippen LogP contribution in [-0.4, -0.2) is 34.4 Å². The molecule has 0 aliphatic rings. The topological polar surface area (TPSA) is 76.4 Å². The minimum Gasteiger partial charge on any atom is -0.493 e. The van der Waals surface area contributed by atoms with Crippen molar-refractivity contribution >= 4 is 29.9 Å². The van der Waals surface area contributed by atoms with Crippen molar-refractivity contribution in [2.45, 2.75) is 39.9 Å². The van der Waals surface area contributed by atoms with Gasteiger partial charge in [-0.1, -0.05) is 43.3 Å². The highest BCUT2D eigenvalue weighted by Crippen LogP contribution is 2.20. The van der Waals surface area contributed by atoms with E-state index in [0.29, 0.717) is 26.2 Å². The molecule has 0 atom stereocenters. The standard InChI is InChI=1S/C23H30N6O.HI/c1-4-10-30-22-11-18(2)8-9-21(22)14-27-23(24-3)26-13-19-6-5-7-20(12-19)15-29-17-25-16-28-29;/h5-9,11-12,16-17H,4,10,13-15H2,1-3H3,(H2,24,26,27);1H. The molecule has 0 aliphatic carbocycles. The average molecular weight is 534 g/mol. The molecule has 8 heteroatoms. The van der Waals surface area contributed by atoms with Gasteiger partial charge < -0.3 is 15.4 Å². The number of hydrogen-bond donors (Lipinski definition) is 2. The van der Waals surface area contributed by atoms with Gasteiger partial charge in [0.25, 0.3) is 0 Å². The van der Waals surface area contributed by atoms with Gasteiger partial charge in [-0.25, -0.2) is 9.67 Å². The summed E-state index contributed by atoms with van der Waals surface area (Å²) in [6.07, 6.45) is 4.26. The highest BCUT2D eigenvalue weighted by molar-refractivity contribution is 14.0. The number of rotatable bonds is 9. The molecular formula is C23H31IN6O. The van der Waals surface area contributed by atoms with Crippen LogP contribution in [-0.2, 0) is 19.6 Å². The number of aromatic nitrogens is 3. The summed E-state index contributed by atoms with van der Waals surface area (Å²) in [6, 6.07) is 14.7. The summed E-state index contributed by atoms with van der Waals surface area (Å²) < 4.78 is 7.72. The smallest absolute Gasteiger partial charge is 0.191 e. The molecule has 7 nitrogen and oxygen atoms in total. The van der Waals surface area contributed by atoms with Gasteiger partial charge in [-0.15, -0.1) is 24.0 Å². The Morgan fingerprint density at radius 2 is 1.90 bits per heavy atom. The largest absolute Gasteiger partial charge is 0.493 e. The van der Waals surface area contributed by atoms with Gasteiger partial charge in [0.1, 0.15) is 18.4 Å². The van der Waals surface area contributed by atoms with Crippen LogP contribution in [0.3, 0.4) is 0 Å². The van der Waals surface area contributed by atoms with Crippen molar-refractivity contribution in [2.24, 2.45) is 4.99 Å². The van der Waals surface area contributed by atoms with Crippen molar-refractivity contribution in [3.05, 3.63) is 77.4 Å². The van der Waals surface area contributed by atoms with E-state index in [1.54, 1.807) is 19.7 Å². The molecule has 166 valence electrons. The first-order valence-electron chi connectivity index (χ1n) is 10.2. The Kier molecular flexibility index (Phi) is 10.3. The van der Waals surface area contributed by atoms with E-state index in [0.717, 1.165) is 23.7 Å². The number of guanidine groups is 1. The van der Waals surface area contributed by atoms with Gasteiger partial charge in [-0.3, -0.25) is 4.99 Å². The molecule has 0 saturated heterocycles. The molecule has 31 heavy (non-hydrogen) atoms. The van der Waals surface area contributed by atoms with Crippen LogP contribution in [0.2, 0.25) is 0 Å². The summed E-state index contributed by atoms with van der Waals surface area (Å²) in [6.45, 7) is 6.93. The zero-order chi connectivity index (χ0) is 21.2. The molecule has 0 amide bonds. The number of halogens is 1. The lowest BCUT2D eigenvalue weighted by Gasteiger charge is -2.15. The number of hydrogen-bond acceptors (Lipinski definition) is 4. The van der Waals surface area contributed by atoms with E-state index in [4.69, 9.17) is 4.74 Å². The third-order valence-corrected chi connectivity index (χ3v) is 4.62. The third kappa shape index (κ3) is 7.86. The van der Waals surface area contributed by atoms with Crippen molar-refractivity contribution in [3.63, 3.8) is 0 Å². The molecule has 1 heterocycles. The van der Waals surface area contributed by atoms with Gasteiger partial charge in [0.2, 0.25) is 0 Å². The Morgan fingerprint density at radius 3 is 2.65 bits per heavy atom. The van der Waals surface area contributed by atoms with E-state index in [1.165, 1.54) is 16.7 Å². The van der Waals surface area contributed by atoms with Gasteiger partial charge in [-0.05, 0) is 36.1 Å². The predicted octanol–water partition coefficient (Wildman–Crippen LogP) is 3.91. The number of nitrogens with one attached hydrogen (secondary N) is 2. The van der Waals surface area contributed by atoms with Crippen molar-refractivity contribution in [1.29, 1.82) is 0 Å². The summed E-state index contributed by atoms with van der Waals surface area (Å²) in [4.78, 5) is 8.33. The lowest BCUT2D eigenvalue weighted by Crippen LogP contribution is -2.36. The summed E-state index contributed by atoms with van der Waals surface area (Å²) in [5.74, 6) is 1.68. The minimum absolute atomic E-state index is 0. The Hall–Kier alpha value is -2.62. The Balaban J connectivity index is 0.00000341. The number of ether oxygens (including phenoxy) is 1. The second kappa shape index (κ2) is 12.9. The van der Waals surface area contributed by atoms with Crippen molar-refractivity contribution in [3.8, 4) is 5.75 Å². The van der Waals surface area contributed by atoms with E-state index in [-0.39, 0.29) is 24.0 Å². The quantitative estimate of drug-likeness (QED) is 0.248. The molecule has 0 bridgehead atoms. The Labute approximate surface area is 201 Å². The van der Waals surface area contributed by atoms with Crippen LogP contribution < -0.4 is 15.4 Å².